The normalized spacial score (nSPS) is 12.4. The Morgan fingerprint density at radius 2 is 0.646 bits per heavy atom. The van der Waals surface area contributed by atoms with E-state index in [1.807, 2.05) is 0 Å². The Kier molecular flexibility index (Phi) is 10.3. The summed E-state index contributed by atoms with van der Waals surface area (Å²) >= 11 is 0. The molecule has 11 aromatic carbocycles. The summed E-state index contributed by atoms with van der Waals surface area (Å²) in [7, 11) is -3.00. The summed E-state index contributed by atoms with van der Waals surface area (Å²) in [5.41, 5.74) is 12.2. The molecule has 0 heterocycles. The molecule has 0 bridgehead atoms. The molecule has 0 aliphatic carbocycles. The van der Waals surface area contributed by atoms with Gasteiger partial charge in [-0.15, -0.1) is 0 Å². The van der Waals surface area contributed by atoms with Crippen LogP contribution in [-0.4, -0.2) is 8.07 Å². The molecule has 0 aliphatic rings. The van der Waals surface area contributed by atoms with Crippen LogP contribution < -0.4 is 25.6 Å². The molecule has 0 amide bonds. The predicted molar refractivity (Wildman–Crippen MR) is 282 cm³/mol. The van der Waals surface area contributed by atoms with Gasteiger partial charge in [0, 0.05) is 17.1 Å². The Morgan fingerprint density at radius 1 is 0.262 bits per heavy atom. The summed E-state index contributed by atoms with van der Waals surface area (Å²) in [4.78, 5) is 2.34. The van der Waals surface area contributed by atoms with E-state index in [0.29, 0.717) is 0 Å². The molecule has 310 valence electrons. The van der Waals surface area contributed by atoms with Crippen LogP contribution in [0.3, 0.4) is 0 Å². The highest BCUT2D eigenvalue weighted by Gasteiger charge is 2.42. The van der Waals surface area contributed by atoms with Crippen molar-refractivity contribution >= 4 is 78.2 Å². The van der Waals surface area contributed by atoms with Gasteiger partial charge in [0.1, 0.15) is 0 Å². The van der Waals surface area contributed by atoms with Crippen molar-refractivity contribution in [2.45, 2.75) is 20.8 Å². The van der Waals surface area contributed by atoms with E-state index in [1.165, 1.54) is 92.0 Å². The van der Waals surface area contributed by atoms with Gasteiger partial charge in [0.05, 0.1) is 0 Å². The van der Waals surface area contributed by atoms with Gasteiger partial charge in [-0.25, -0.2) is 0 Å². The molecule has 0 saturated carbocycles. The third-order valence-corrected chi connectivity index (χ3v) is 18.3. The van der Waals surface area contributed by atoms with Gasteiger partial charge in [-0.05, 0) is 149 Å². The van der Waals surface area contributed by atoms with Crippen LogP contribution in [0.1, 0.15) is 16.7 Å². The minimum atomic E-state index is -3.00. The SMILES string of the molecule is Cc1cc([Si](c2ccccc2)(c2ccc(-c3ccc(N(c4ccccc4)c4ccccc4)cc3C)c(C)c2)c2ccc3c4ccccc4c4ccccc4c3c2)ccc1-c1ccccc1. The lowest BCUT2D eigenvalue weighted by molar-refractivity contribution is 1.27. The van der Waals surface area contributed by atoms with Gasteiger partial charge < -0.3 is 4.90 Å². The first-order valence-electron chi connectivity index (χ1n) is 22.7. The van der Waals surface area contributed by atoms with Crippen molar-refractivity contribution in [2.75, 3.05) is 4.90 Å². The average Bonchev–Trinajstić information content (AvgIpc) is 3.36. The molecule has 1 unspecified atom stereocenters. The standard InChI is InChI=1S/C63H49NSi/c1-44-40-50(64(48-22-10-5-11-23-48)49-24-12-6-13-25-49)32-36-56(44)57-38-34-53(42-46(57)3)65(51-26-14-7-15-27-51,52-33-37-55(45(2)41-52)47-20-8-4-9-21-47)54-35-39-62-60-30-17-16-28-58(60)59-29-18-19-31-61(59)63(62)43-54/h4-43H,1-3H3. The highest BCUT2D eigenvalue weighted by molar-refractivity contribution is 7.20. The van der Waals surface area contributed by atoms with Gasteiger partial charge in [0.2, 0.25) is 0 Å². The Labute approximate surface area is 383 Å². The number of anilines is 3. The zero-order valence-electron chi connectivity index (χ0n) is 37.0. The van der Waals surface area contributed by atoms with Gasteiger partial charge in [0.15, 0.2) is 8.07 Å². The molecule has 0 spiro atoms. The van der Waals surface area contributed by atoms with Gasteiger partial charge >= 0.3 is 0 Å². The summed E-state index contributed by atoms with van der Waals surface area (Å²) in [5.74, 6) is 0. The van der Waals surface area contributed by atoms with E-state index in [0.717, 1.165) is 17.1 Å². The van der Waals surface area contributed by atoms with Crippen LogP contribution in [0, 0.1) is 20.8 Å². The maximum atomic E-state index is 2.56. The zero-order valence-corrected chi connectivity index (χ0v) is 38.0. The van der Waals surface area contributed by atoms with Crippen molar-refractivity contribution in [3.63, 3.8) is 0 Å². The van der Waals surface area contributed by atoms with Crippen molar-refractivity contribution in [1.82, 2.24) is 0 Å². The number of para-hydroxylation sites is 2. The van der Waals surface area contributed by atoms with Crippen LogP contribution in [0.15, 0.2) is 243 Å². The van der Waals surface area contributed by atoms with Crippen LogP contribution in [-0.2, 0) is 0 Å². The number of benzene rings is 11. The van der Waals surface area contributed by atoms with E-state index < -0.39 is 8.07 Å². The third kappa shape index (κ3) is 6.95. The Bertz CT molecular complexity index is 3430. The molecular formula is C63H49NSi. The quantitative estimate of drug-likeness (QED) is 0.0795. The van der Waals surface area contributed by atoms with E-state index in [-0.39, 0.29) is 0 Å². The number of rotatable bonds is 9. The predicted octanol–water partition coefficient (Wildman–Crippen LogP) is 14.3. The minimum Gasteiger partial charge on any atom is -0.310 e. The maximum Gasteiger partial charge on any atom is 0.179 e. The highest BCUT2D eigenvalue weighted by atomic mass is 28.3. The van der Waals surface area contributed by atoms with Crippen LogP contribution in [0.5, 0.6) is 0 Å². The molecule has 11 aromatic rings. The van der Waals surface area contributed by atoms with E-state index in [2.05, 4.69) is 268 Å². The van der Waals surface area contributed by atoms with Crippen molar-refractivity contribution < 1.29 is 0 Å². The first kappa shape index (κ1) is 40.0. The highest BCUT2D eigenvalue weighted by Crippen LogP contribution is 2.38. The monoisotopic (exact) mass is 847 g/mol. The molecular weight excluding hydrogens is 799 g/mol. The molecule has 0 saturated heterocycles. The van der Waals surface area contributed by atoms with Crippen LogP contribution >= 0.6 is 0 Å². The molecule has 1 atom stereocenters. The van der Waals surface area contributed by atoms with E-state index in [4.69, 9.17) is 0 Å². The molecule has 0 fully saturated rings. The summed E-state index contributed by atoms with van der Waals surface area (Å²) in [6, 6.07) is 90.4. The third-order valence-electron chi connectivity index (χ3n) is 13.6. The lowest BCUT2D eigenvalue weighted by Gasteiger charge is -2.36. The first-order chi connectivity index (χ1) is 32.0. The van der Waals surface area contributed by atoms with E-state index in [1.54, 1.807) is 0 Å². The fourth-order valence-corrected chi connectivity index (χ4v) is 15.5. The average molecular weight is 848 g/mol. The van der Waals surface area contributed by atoms with Crippen molar-refractivity contribution in [1.29, 1.82) is 0 Å². The van der Waals surface area contributed by atoms with Crippen LogP contribution in [0.25, 0.3) is 54.6 Å². The second-order valence-electron chi connectivity index (χ2n) is 17.4. The smallest absolute Gasteiger partial charge is 0.179 e. The second kappa shape index (κ2) is 16.7. The lowest BCUT2D eigenvalue weighted by Crippen LogP contribution is -2.74. The van der Waals surface area contributed by atoms with Gasteiger partial charge in [-0.2, -0.15) is 0 Å². The largest absolute Gasteiger partial charge is 0.310 e. The van der Waals surface area contributed by atoms with Gasteiger partial charge in [-0.1, -0.05) is 206 Å². The number of nitrogens with zero attached hydrogens (tertiary/aromatic N) is 1. The topological polar surface area (TPSA) is 3.24 Å². The summed E-state index contributed by atoms with van der Waals surface area (Å²) in [6.07, 6.45) is 0. The number of fused-ring (bicyclic) bond motifs is 6. The lowest BCUT2D eigenvalue weighted by atomic mass is 9.94. The van der Waals surface area contributed by atoms with Gasteiger partial charge in [-0.3, -0.25) is 0 Å². The van der Waals surface area contributed by atoms with Gasteiger partial charge in [0.25, 0.3) is 0 Å². The number of hydrogen-bond acceptors (Lipinski definition) is 1. The molecule has 0 aliphatic heterocycles. The number of aryl methyl sites for hydroxylation is 3. The van der Waals surface area contributed by atoms with E-state index >= 15 is 0 Å². The fourth-order valence-electron chi connectivity index (χ4n) is 10.6. The Morgan fingerprint density at radius 3 is 1.15 bits per heavy atom. The zero-order chi connectivity index (χ0) is 43.9. The molecule has 2 heteroatoms. The molecule has 0 radical (unpaired) electrons. The Balaban J connectivity index is 1.13. The first-order valence-corrected chi connectivity index (χ1v) is 24.7. The maximum absolute atomic E-state index is 3.00. The molecule has 11 rings (SSSR count). The van der Waals surface area contributed by atoms with Crippen molar-refractivity contribution in [3.05, 3.63) is 259 Å². The minimum absolute atomic E-state index is 1.13. The Hall–Kier alpha value is -7.78. The van der Waals surface area contributed by atoms with Crippen molar-refractivity contribution in [2.24, 2.45) is 0 Å². The van der Waals surface area contributed by atoms with Crippen LogP contribution in [0.2, 0.25) is 0 Å². The molecule has 0 N–H and O–H groups in total. The summed E-state index contributed by atoms with van der Waals surface area (Å²) in [5, 5.41) is 13.2. The fraction of sp³-hybridized carbons (Fsp3) is 0.0476. The molecule has 65 heavy (non-hydrogen) atoms. The van der Waals surface area contributed by atoms with Crippen LogP contribution in [0.4, 0.5) is 17.1 Å². The molecule has 0 aromatic heterocycles. The summed E-state index contributed by atoms with van der Waals surface area (Å²) < 4.78 is 0. The second-order valence-corrected chi connectivity index (χ2v) is 21.2. The number of hydrogen-bond donors (Lipinski definition) is 0. The van der Waals surface area contributed by atoms with E-state index in [9.17, 15) is 0 Å². The molecule has 1 nitrogen and oxygen atoms in total. The summed E-state index contributed by atoms with van der Waals surface area (Å²) in [6.45, 7) is 6.84. The van der Waals surface area contributed by atoms with Crippen molar-refractivity contribution in [3.8, 4) is 22.3 Å².